The van der Waals surface area contributed by atoms with Gasteiger partial charge in [-0.2, -0.15) is 0 Å². The second-order valence-corrected chi connectivity index (χ2v) is 16.6. The Kier molecular flexibility index (Phi) is 9.61. The van der Waals surface area contributed by atoms with Crippen molar-refractivity contribution < 1.29 is 23.2 Å². The first-order valence-electron chi connectivity index (χ1n) is 8.34. The second kappa shape index (κ2) is 10.0. The van der Waals surface area contributed by atoms with E-state index in [1.54, 1.807) is 0 Å². The fourth-order valence-corrected chi connectivity index (χ4v) is 3.49. The predicted molar refractivity (Wildman–Crippen MR) is 96.2 cm³/mol. The molecule has 0 N–H and O–H groups in total. The Labute approximate surface area is 142 Å². The molecule has 0 atom stereocenters. The minimum atomic E-state index is -1.86. The summed E-state index contributed by atoms with van der Waals surface area (Å²) in [7, 11) is -3.65. The monoisotopic (exact) mass is 360 g/mol. The van der Waals surface area contributed by atoms with Crippen LogP contribution in [0.25, 0.3) is 0 Å². The highest BCUT2D eigenvalue weighted by Crippen LogP contribution is 2.11. The Bertz CT molecular complexity index is 408. The number of ketones is 1. The molecule has 0 amide bonds. The molecule has 0 saturated carbocycles. The summed E-state index contributed by atoms with van der Waals surface area (Å²) in [5.74, 6) is -0.321. The van der Waals surface area contributed by atoms with Gasteiger partial charge in [-0.15, -0.1) is 0 Å². The molecular formula is C16H32O5Si2. The average molecular weight is 361 g/mol. The van der Waals surface area contributed by atoms with Crippen LogP contribution in [-0.4, -0.2) is 34.4 Å². The van der Waals surface area contributed by atoms with Gasteiger partial charge in [0.05, 0.1) is 6.42 Å². The van der Waals surface area contributed by atoms with E-state index >= 15 is 0 Å². The van der Waals surface area contributed by atoms with Gasteiger partial charge in [0.25, 0.3) is 11.9 Å². The van der Waals surface area contributed by atoms with Crippen LogP contribution in [-0.2, 0) is 23.2 Å². The maximum atomic E-state index is 11.7. The van der Waals surface area contributed by atoms with Crippen molar-refractivity contribution in [2.24, 2.45) is 0 Å². The molecular weight excluding hydrogens is 328 g/mol. The standard InChI is InChI=1S/C16H32O5Si2/c1-22(2,3)20-15(18)11-9-7-8-10-14(17)12-13-16(19)21-23(4,5)6/h7-13H2,1-6H3. The van der Waals surface area contributed by atoms with Gasteiger partial charge in [-0.3, -0.25) is 14.4 Å². The van der Waals surface area contributed by atoms with Gasteiger partial charge in [0.2, 0.25) is 16.6 Å². The van der Waals surface area contributed by atoms with E-state index < -0.39 is 16.6 Å². The molecule has 7 heteroatoms. The van der Waals surface area contributed by atoms with Crippen LogP contribution in [0.15, 0.2) is 0 Å². The van der Waals surface area contributed by atoms with Crippen molar-refractivity contribution >= 4 is 34.4 Å². The van der Waals surface area contributed by atoms with Crippen molar-refractivity contribution in [3.8, 4) is 0 Å². The molecule has 0 saturated heterocycles. The summed E-state index contributed by atoms with van der Waals surface area (Å²) in [5, 5.41) is 0. The minimum Gasteiger partial charge on any atom is -0.520 e. The molecule has 5 nitrogen and oxygen atoms in total. The van der Waals surface area contributed by atoms with E-state index in [-0.39, 0.29) is 30.6 Å². The van der Waals surface area contributed by atoms with Gasteiger partial charge in [0.1, 0.15) is 5.78 Å². The van der Waals surface area contributed by atoms with E-state index in [1.165, 1.54) is 0 Å². The van der Waals surface area contributed by atoms with Gasteiger partial charge < -0.3 is 8.85 Å². The van der Waals surface area contributed by atoms with Crippen molar-refractivity contribution in [1.29, 1.82) is 0 Å². The third-order valence-electron chi connectivity index (χ3n) is 2.78. The summed E-state index contributed by atoms with van der Waals surface area (Å²) in [6.07, 6.45) is 3.62. The number of Topliss-reactive ketones (excluding diaryl/α,β-unsaturated/α-hetero) is 1. The first kappa shape index (κ1) is 22.0. The summed E-state index contributed by atoms with van der Waals surface area (Å²) in [4.78, 5) is 34.8. The van der Waals surface area contributed by atoms with E-state index in [2.05, 4.69) is 0 Å². The van der Waals surface area contributed by atoms with Crippen LogP contribution in [0.5, 0.6) is 0 Å². The quantitative estimate of drug-likeness (QED) is 0.411. The molecule has 0 bridgehead atoms. The van der Waals surface area contributed by atoms with E-state index in [0.29, 0.717) is 12.8 Å². The first-order valence-corrected chi connectivity index (χ1v) is 15.2. The van der Waals surface area contributed by atoms with Crippen molar-refractivity contribution in [3.63, 3.8) is 0 Å². The molecule has 23 heavy (non-hydrogen) atoms. The molecule has 0 aliphatic rings. The van der Waals surface area contributed by atoms with Gasteiger partial charge in [-0.1, -0.05) is 6.42 Å². The lowest BCUT2D eigenvalue weighted by Gasteiger charge is -2.17. The lowest BCUT2D eigenvalue weighted by molar-refractivity contribution is -0.137. The van der Waals surface area contributed by atoms with E-state index in [0.717, 1.165) is 19.3 Å². The van der Waals surface area contributed by atoms with Gasteiger partial charge in [0, 0.05) is 19.3 Å². The SMILES string of the molecule is C[Si](C)(C)OC(=O)CCCCCC(=O)CCC(=O)O[Si](C)(C)C. The summed E-state index contributed by atoms with van der Waals surface area (Å²) in [6.45, 7) is 11.8. The highest BCUT2D eigenvalue weighted by atomic mass is 28.4. The number of rotatable bonds is 11. The summed E-state index contributed by atoms with van der Waals surface area (Å²) in [6, 6.07) is 0. The molecule has 134 valence electrons. The normalized spacial score (nSPS) is 11.9. The maximum Gasteiger partial charge on any atom is 0.292 e. The number of carbonyl (C=O) groups excluding carboxylic acids is 3. The van der Waals surface area contributed by atoms with Crippen molar-refractivity contribution in [1.82, 2.24) is 0 Å². The van der Waals surface area contributed by atoms with Crippen LogP contribution in [0.4, 0.5) is 0 Å². The second-order valence-electron chi connectivity index (χ2n) is 7.77. The van der Waals surface area contributed by atoms with E-state index in [1.807, 2.05) is 39.3 Å². The average Bonchev–Trinajstić information content (AvgIpc) is 2.31. The van der Waals surface area contributed by atoms with Crippen LogP contribution in [0, 0.1) is 0 Å². The smallest absolute Gasteiger partial charge is 0.292 e. The van der Waals surface area contributed by atoms with E-state index in [4.69, 9.17) is 8.85 Å². The zero-order chi connectivity index (χ0) is 18.1. The zero-order valence-electron chi connectivity index (χ0n) is 15.5. The molecule has 0 fully saturated rings. The minimum absolute atomic E-state index is 0.0854. The molecule has 0 aromatic carbocycles. The van der Waals surface area contributed by atoms with Crippen LogP contribution < -0.4 is 0 Å². The fourth-order valence-electron chi connectivity index (χ4n) is 1.92. The highest BCUT2D eigenvalue weighted by Gasteiger charge is 2.20. The molecule has 0 radical (unpaired) electrons. The molecule has 0 spiro atoms. The summed E-state index contributed by atoms with van der Waals surface area (Å²) >= 11 is 0. The Hall–Kier alpha value is -0.956. The molecule has 0 aromatic heterocycles. The number of carbonyl (C=O) groups is 3. The summed E-state index contributed by atoms with van der Waals surface area (Å²) < 4.78 is 10.7. The largest absolute Gasteiger partial charge is 0.520 e. The Balaban J connectivity index is 3.68. The number of hydrogen-bond donors (Lipinski definition) is 0. The highest BCUT2D eigenvalue weighted by molar-refractivity contribution is 6.71. The van der Waals surface area contributed by atoms with Crippen LogP contribution in [0.1, 0.15) is 44.9 Å². The first-order chi connectivity index (χ1) is 10.4. The molecule has 0 unspecified atom stereocenters. The van der Waals surface area contributed by atoms with Crippen LogP contribution >= 0.6 is 0 Å². The van der Waals surface area contributed by atoms with Gasteiger partial charge in [-0.05, 0) is 52.1 Å². The van der Waals surface area contributed by atoms with Gasteiger partial charge in [-0.25, -0.2) is 0 Å². The molecule has 0 aliphatic heterocycles. The van der Waals surface area contributed by atoms with Crippen LogP contribution in [0.3, 0.4) is 0 Å². The summed E-state index contributed by atoms with van der Waals surface area (Å²) in [5.41, 5.74) is 0. The Morgan fingerprint density at radius 3 is 1.52 bits per heavy atom. The molecule has 0 aromatic rings. The Morgan fingerprint density at radius 2 is 1.04 bits per heavy atom. The fraction of sp³-hybridized carbons (Fsp3) is 0.812. The number of hydrogen-bond acceptors (Lipinski definition) is 5. The van der Waals surface area contributed by atoms with Crippen LogP contribution in [0.2, 0.25) is 39.3 Å². The topological polar surface area (TPSA) is 69.7 Å². The third kappa shape index (κ3) is 15.7. The number of unbranched alkanes of at least 4 members (excludes halogenated alkanes) is 2. The van der Waals surface area contributed by atoms with Crippen molar-refractivity contribution in [2.45, 2.75) is 84.2 Å². The molecule has 0 rings (SSSR count). The lowest BCUT2D eigenvalue weighted by atomic mass is 10.1. The van der Waals surface area contributed by atoms with E-state index in [9.17, 15) is 14.4 Å². The molecule has 0 heterocycles. The van der Waals surface area contributed by atoms with Gasteiger partial charge in [0.15, 0.2) is 0 Å². The zero-order valence-corrected chi connectivity index (χ0v) is 17.5. The lowest BCUT2D eigenvalue weighted by Crippen LogP contribution is -2.29. The van der Waals surface area contributed by atoms with Crippen molar-refractivity contribution in [3.05, 3.63) is 0 Å². The van der Waals surface area contributed by atoms with Gasteiger partial charge >= 0.3 is 0 Å². The van der Waals surface area contributed by atoms with Crippen molar-refractivity contribution in [2.75, 3.05) is 0 Å². The third-order valence-corrected chi connectivity index (χ3v) is 4.46. The predicted octanol–water partition coefficient (Wildman–Crippen LogP) is 4.04. The maximum absolute atomic E-state index is 11.7. The Morgan fingerprint density at radius 1 is 0.609 bits per heavy atom. The molecule has 0 aliphatic carbocycles.